The van der Waals surface area contributed by atoms with Gasteiger partial charge in [0, 0.05) is 0 Å². The Morgan fingerprint density at radius 2 is 2.20 bits per heavy atom. The van der Waals surface area contributed by atoms with Crippen molar-refractivity contribution >= 4 is 34.1 Å². The smallest absolute Gasteiger partial charge is 0.177 e. The summed E-state index contributed by atoms with van der Waals surface area (Å²) in [6.45, 7) is 2.03. The molecule has 1 aromatic carbocycles. The van der Waals surface area contributed by atoms with Crippen molar-refractivity contribution in [3.8, 4) is 17.1 Å². The predicted octanol–water partition coefficient (Wildman–Crippen LogP) is 3.13. The first-order chi connectivity index (χ1) is 7.20. The highest BCUT2D eigenvalue weighted by Crippen LogP contribution is 2.29. The van der Waals surface area contributed by atoms with Crippen LogP contribution in [-0.2, 0) is 0 Å². The van der Waals surface area contributed by atoms with Gasteiger partial charge in [-0.3, -0.25) is 0 Å². The fourth-order valence-electron chi connectivity index (χ4n) is 1.30. The van der Waals surface area contributed by atoms with Gasteiger partial charge in [-0.05, 0) is 58.7 Å². The summed E-state index contributed by atoms with van der Waals surface area (Å²) >= 11 is 3.55. The van der Waals surface area contributed by atoms with Crippen molar-refractivity contribution < 1.29 is 4.74 Å². The number of hydrogen-bond donors (Lipinski definition) is 0. The van der Waals surface area contributed by atoms with E-state index in [1.807, 2.05) is 25.1 Å². The van der Waals surface area contributed by atoms with E-state index in [1.54, 1.807) is 7.11 Å². The molecule has 0 unspecified atom stereocenters. The van der Waals surface area contributed by atoms with E-state index in [9.17, 15) is 0 Å². The van der Waals surface area contributed by atoms with Crippen LogP contribution in [-0.4, -0.2) is 16.5 Å². The highest BCUT2D eigenvalue weighted by Gasteiger charge is 2.10. The molecule has 0 aliphatic carbocycles. The second-order valence-corrected chi connectivity index (χ2v) is 5.58. The minimum absolute atomic E-state index is 0.737. The van der Waals surface area contributed by atoms with E-state index in [2.05, 4.69) is 31.9 Å². The lowest BCUT2D eigenvalue weighted by molar-refractivity contribution is 0.416. The first-order valence-electron chi connectivity index (χ1n) is 4.35. The van der Waals surface area contributed by atoms with Gasteiger partial charge >= 0.3 is 0 Å². The summed E-state index contributed by atoms with van der Waals surface area (Å²) in [6, 6.07) is 6.02. The van der Waals surface area contributed by atoms with Gasteiger partial charge in [-0.15, -0.1) is 0 Å². The molecule has 0 radical (unpaired) electrons. The molecule has 0 N–H and O–H groups in total. The van der Waals surface area contributed by atoms with Crippen molar-refractivity contribution in [3.63, 3.8) is 0 Å². The second kappa shape index (κ2) is 4.44. The molecule has 0 spiro atoms. The lowest BCUT2D eigenvalue weighted by atomic mass is 10.1. The van der Waals surface area contributed by atoms with Crippen LogP contribution in [0.4, 0.5) is 0 Å². The monoisotopic (exact) mass is 332 g/mol. The van der Waals surface area contributed by atoms with Crippen LogP contribution < -0.4 is 4.74 Å². The molecule has 0 saturated carbocycles. The maximum absolute atomic E-state index is 5.31. The first-order valence-corrected chi connectivity index (χ1v) is 6.20. The van der Waals surface area contributed by atoms with Crippen molar-refractivity contribution in [2.75, 3.05) is 7.11 Å². The van der Waals surface area contributed by atoms with E-state index in [4.69, 9.17) is 4.74 Å². The standard InChI is InChI=1S/C10H9IN2OS/c1-6-3-4-7(8(5-6)14-2)9-12-10(11)15-13-9/h3-5H,1-2H3. The summed E-state index contributed by atoms with van der Waals surface area (Å²) in [7, 11) is 1.66. The third-order valence-corrected chi connectivity index (χ3v) is 3.34. The number of halogens is 1. The van der Waals surface area contributed by atoms with Gasteiger partial charge in [-0.1, -0.05) is 6.07 Å². The number of ether oxygens (including phenoxy) is 1. The molecule has 2 rings (SSSR count). The minimum Gasteiger partial charge on any atom is -0.496 e. The third kappa shape index (κ3) is 2.28. The third-order valence-electron chi connectivity index (χ3n) is 2.00. The lowest BCUT2D eigenvalue weighted by Crippen LogP contribution is -1.90. The molecule has 0 atom stereocenters. The number of methoxy groups -OCH3 is 1. The zero-order valence-electron chi connectivity index (χ0n) is 8.32. The highest BCUT2D eigenvalue weighted by atomic mass is 127. The Balaban J connectivity index is 2.52. The quantitative estimate of drug-likeness (QED) is 0.793. The molecule has 0 saturated heterocycles. The Morgan fingerprint density at radius 1 is 1.40 bits per heavy atom. The van der Waals surface area contributed by atoms with Crippen molar-refractivity contribution in [1.82, 2.24) is 9.36 Å². The number of aromatic nitrogens is 2. The van der Waals surface area contributed by atoms with Crippen molar-refractivity contribution in [2.45, 2.75) is 6.92 Å². The number of nitrogens with zero attached hydrogens (tertiary/aromatic N) is 2. The first kappa shape index (κ1) is 10.8. The number of hydrogen-bond acceptors (Lipinski definition) is 4. The molecule has 0 fully saturated rings. The van der Waals surface area contributed by atoms with Crippen LogP contribution in [0.3, 0.4) is 0 Å². The number of aryl methyl sites for hydroxylation is 1. The average molecular weight is 332 g/mol. The van der Waals surface area contributed by atoms with E-state index in [0.717, 1.165) is 20.2 Å². The van der Waals surface area contributed by atoms with E-state index >= 15 is 0 Å². The molecule has 15 heavy (non-hydrogen) atoms. The predicted molar refractivity (Wildman–Crippen MR) is 69.4 cm³/mol. The van der Waals surface area contributed by atoms with Crippen LogP contribution in [0.2, 0.25) is 0 Å². The summed E-state index contributed by atoms with van der Waals surface area (Å²) in [6.07, 6.45) is 0. The number of benzene rings is 1. The summed E-state index contributed by atoms with van der Waals surface area (Å²) in [4.78, 5) is 4.33. The second-order valence-electron chi connectivity index (χ2n) is 3.07. The zero-order chi connectivity index (χ0) is 10.8. The summed E-state index contributed by atoms with van der Waals surface area (Å²) in [5, 5.41) is 0. The molecule has 5 heteroatoms. The lowest BCUT2D eigenvalue weighted by Gasteiger charge is -2.05. The zero-order valence-corrected chi connectivity index (χ0v) is 11.3. The van der Waals surface area contributed by atoms with Crippen LogP contribution >= 0.6 is 34.1 Å². The molecule has 0 bridgehead atoms. The fourth-order valence-corrected chi connectivity index (χ4v) is 2.25. The molecule has 3 nitrogen and oxygen atoms in total. The van der Waals surface area contributed by atoms with Crippen LogP contribution in [0, 0.1) is 9.94 Å². The van der Waals surface area contributed by atoms with E-state index in [-0.39, 0.29) is 0 Å². The van der Waals surface area contributed by atoms with Gasteiger partial charge in [0.05, 0.1) is 12.7 Å². The van der Waals surface area contributed by atoms with Crippen molar-refractivity contribution in [3.05, 3.63) is 26.8 Å². The average Bonchev–Trinajstić information content (AvgIpc) is 2.64. The normalized spacial score (nSPS) is 10.3. The molecule has 2 aromatic rings. The van der Waals surface area contributed by atoms with Gasteiger partial charge in [0.15, 0.2) is 8.84 Å². The van der Waals surface area contributed by atoms with Gasteiger partial charge in [0.1, 0.15) is 5.75 Å². The molecule has 0 amide bonds. The molecular formula is C10H9IN2OS. The Labute approximate surface area is 106 Å². The van der Waals surface area contributed by atoms with Crippen LogP contribution in [0.15, 0.2) is 18.2 Å². The molecular weight excluding hydrogens is 323 g/mol. The summed E-state index contributed by atoms with van der Waals surface area (Å²) in [5.41, 5.74) is 2.11. The van der Waals surface area contributed by atoms with Crippen LogP contribution in [0.1, 0.15) is 5.56 Å². The van der Waals surface area contributed by atoms with Gasteiger partial charge in [-0.25, -0.2) is 4.98 Å². The van der Waals surface area contributed by atoms with Gasteiger partial charge in [0.25, 0.3) is 0 Å². The topological polar surface area (TPSA) is 35.0 Å². The molecule has 1 aromatic heterocycles. The maximum atomic E-state index is 5.31. The van der Waals surface area contributed by atoms with Crippen LogP contribution in [0.5, 0.6) is 5.75 Å². The minimum atomic E-state index is 0.737. The Kier molecular flexibility index (Phi) is 3.20. The highest BCUT2D eigenvalue weighted by molar-refractivity contribution is 14.1. The SMILES string of the molecule is COc1cc(C)ccc1-c1nsc(I)n1. The van der Waals surface area contributed by atoms with E-state index in [0.29, 0.717) is 0 Å². The van der Waals surface area contributed by atoms with Crippen LogP contribution in [0.25, 0.3) is 11.4 Å². The van der Waals surface area contributed by atoms with Crippen molar-refractivity contribution in [1.29, 1.82) is 0 Å². The van der Waals surface area contributed by atoms with Crippen molar-refractivity contribution in [2.24, 2.45) is 0 Å². The van der Waals surface area contributed by atoms with Gasteiger partial charge in [-0.2, -0.15) is 4.37 Å². The molecule has 1 heterocycles. The number of rotatable bonds is 2. The molecule has 0 aliphatic heterocycles. The largest absolute Gasteiger partial charge is 0.496 e. The summed E-state index contributed by atoms with van der Waals surface area (Å²) < 4.78 is 10.5. The molecule has 78 valence electrons. The summed E-state index contributed by atoms with van der Waals surface area (Å²) in [5.74, 6) is 1.56. The molecule has 0 aliphatic rings. The van der Waals surface area contributed by atoms with E-state index < -0.39 is 0 Å². The van der Waals surface area contributed by atoms with E-state index in [1.165, 1.54) is 17.1 Å². The Morgan fingerprint density at radius 3 is 2.80 bits per heavy atom. The maximum Gasteiger partial charge on any atom is 0.177 e. The van der Waals surface area contributed by atoms with Gasteiger partial charge in [0.2, 0.25) is 0 Å². The fraction of sp³-hybridized carbons (Fsp3) is 0.200. The van der Waals surface area contributed by atoms with Gasteiger partial charge < -0.3 is 4.74 Å². The Bertz CT molecular complexity index is 484. The Hall–Kier alpha value is -0.690.